The normalized spacial score (nSPS) is 11.1. The Morgan fingerprint density at radius 2 is 2.32 bits per heavy atom. The number of nitriles is 1. The molecule has 0 aliphatic rings. The molecule has 0 saturated heterocycles. The Labute approximate surface area is 122 Å². The van der Waals surface area contributed by atoms with Crippen molar-refractivity contribution < 1.29 is 0 Å². The second-order valence-electron chi connectivity index (χ2n) is 3.52. The van der Waals surface area contributed by atoms with Crippen LogP contribution in [0.1, 0.15) is 5.56 Å². The number of H-pyrrole nitrogens is 1. The summed E-state index contributed by atoms with van der Waals surface area (Å²) in [7, 11) is 0. The standard InChI is InChI=1S/C12H7BrClN5/c13-12(16)19-11-10(14)18-9(6-17-11)8-3-1-2-7(4-8)5-15/h1-4,6H,(H2,16,17,19). The summed E-state index contributed by atoms with van der Waals surface area (Å²) in [6.45, 7) is 0. The van der Waals surface area contributed by atoms with E-state index in [-0.39, 0.29) is 9.90 Å². The fourth-order valence-corrected chi connectivity index (χ4v) is 1.82. The molecule has 0 spiro atoms. The topological polar surface area (TPSA) is 88.7 Å². The summed E-state index contributed by atoms with van der Waals surface area (Å²) in [4.78, 5) is 10.9. The first kappa shape index (κ1) is 13.5. The summed E-state index contributed by atoms with van der Waals surface area (Å²) in [5.41, 5.74) is 2.22. The van der Waals surface area contributed by atoms with Crippen molar-refractivity contribution >= 4 is 32.3 Å². The van der Waals surface area contributed by atoms with Crippen LogP contribution in [-0.4, -0.2) is 14.7 Å². The first-order valence-electron chi connectivity index (χ1n) is 5.14. The molecule has 0 bridgehead atoms. The number of nitrogens with zero attached hydrogens (tertiary/aromatic N) is 3. The zero-order valence-electron chi connectivity index (χ0n) is 9.48. The lowest BCUT2D eigenvalue weighted by Gasteiger charge is -2.02. The van der Waals surface area contributed by atoms with Crippen molar-refractivity contribution in [3.8, 4) is 17.3 Å². The molecule has 1 aromatic heterocycles. The minimum Gasteiger partial charge on any atom is -0.342 e. The Bertz CT molecular complexity index is 744. The van der Waals surface area contributed by atoms with Gasteiger partial charge in [0.15, 0.2) is 15.4 Å². The van der Waals surface area contributed by atoms with Crippen molar-refractivity contribution in [3.05, 3.63) is 46.7 Å². The van der Waals surface area contributed by atoms with E-state index in [2.05, 4.69) is 37.0 Å². The SMILES string of the molecule is N#Cc1cccc(-c2c[nH]/c(=N\C(=N)Br)c(Cl)n2)c1. The minimum atomic E-state index is -0.0494. The van der Waals surface area contributed by atoms with Gasteiger partial charge in [0, 0.05) is 11.8 Å². The molecule has 2 N–H and O–H groups in total. The highest BCUT2D eigenvalue weighted by Gasteiger charge is 2.04. The molecule has 2 rings (SSSR count). The van der Waals surface area contributed by atoms with Gasteiger partial charge in [0.1, 0.15) is 0 Å². The van der Waals surface area contributed by atoms with E-state index < -0.39 is 0 Å². The highest BCUT2D eigenvalue weighted by molar-refractivity contribution is 9.18. The van der Waals surface area contributed by atoms with E-state index in [4.69, 9.17) is 22.3 Å². The van der Waals surface area contributed by atoms with E-state index in [1.165, 1.54) is 0 Å². The van der Waals surface area contributed by atoms with Gasteiger partial charge in [-0.3, -0.25) is 5.41 Å². The number of nitrogens with one attached hydrogen (secondary N) is 2. The second-order valence-corrected chi connectivity index (χ2v) is 4.63. The van der Waals surface area contributed by atoms with E-state index in [9.17, 15) is 0 Å². The Kier molecular flexibility index (Phi) is 4.10. The molecule has 5 nitrogen and oxygen atoms in total. The van der Waals surface area contributed by atoms with Crippen LogP contribution in [0.25, 0.3) is 11.3 Å². The van der Waals surface area contributed by atoms with E-state index >= 15 is 0 Å². The van der Waals surface area contributed by atoms with Crippen LogP contribution in [-0.2, 0) is 0 Å². The summed E-state index contributed by atoms with van der Waals surface area (Å²) in [5, 5.41) is 16.2. The van der Waals surface area contributed by atoms with E-state index in [0.29, 0.717) is 16.7 Å². The lowest BCUT2D eigenvalue weighted by atomic mass is 10.1. The number of halogens is 2. The number of aromatic amines is 1. The van der Waals surface area contributed by atoms with Crippen LogP contribution < -0.4 is 5.49 Å². The lowest BCUT2D eigenvalue weighted by Crippen LogP contribution is -2.12. The van der Waals surface area contributed by atoms with E-state index in [0.717, 1.165) is 5.56 Å². The van der Waals surface area contributed by atoms with Gasteiger partial charge in [0.2, 0.25) is 0 Å². The molecular weight excluding hydrogens is 330 g/mol. The van der Waals surface area contributed by atoms with Crippen molar-refractivity contribution in [1.29, 1.82) is 10.7 Å². The fourth-order valence-electron chi connectivity index (χ4n) is 1.46. The number of hydrogen-bond donors (Lipinski definition) is 2. The maximum absolute atomic E-state index is 8.86. The average Bonchev–Trinajstić information content (AvgIpc) is 2.40. The van der Waals surface area contributed by atoms with E-state index in [1.54, 1.807) is 24.4 Å². The fraction of sp³-hybridized carbons (Fsp3) is 0. The molecule has 0 atom stereocenters. The number of hydrogen-bond acceptors (Lipinski definition) is 3. The first-order valence-corrected chi connectivity index (χ1v) is 6.32. The smallest absolute Gasteiger partial charge is 0.191 e. The molecule has 7 heteroatoms. The number of amidine groups is 1. The monoisotopic (exact) mass is 335 g/mol. The lowest BCUT2D eigenvalue weighted by molar-refractivity contribution is 1.10. The molecule has 2 aromatic rings. The highest BCUT2D eigenvalue weighted by Crippen LogP contribution is 2.17. The van der Waals surface area contributed by atoms with Crippen LogP contribution in [0.2, 0.25) is 5.15 Å². The summed E-state index contributed by atoms with van der Waals surface area (Å²) in [5.74, 6) is 0. The van der Waals surface area contributed by atoms with Crippen molar-refractivity contribution in [2.24, 2.45) is 4.99 Å². The molecule has 1 aromatic carbocycles. The molecular formula is C12H7BrClN5. The quantitative estimate of drug-likeness (QED) is 0.476. The van der Waals surface area contributed by atoms with Gasteiger partial charge in [-0.25, -0.2) is 9.98 Å². The van der Waals surface area contributed by atoms with Gasteiger partial charge in [-0.05, 0) is 28.1 Å². The first-order chi connectivity index (χ1) is 9.10. The Morgan fingerprint density at radius 3 is 2.95 bits per heavy atom. The van der Waals surface area contributed by atoms with Crippen LogP contribution in [0.3, 0.4) is 0 Å². The largest absolute Gasteiger partial charge is 0.342 e. The zero-order chi connectivity index (χ0) is 13.8. The molecule has 94 valence electrons. The predicted molar refractivity (Wildman–Crippen MR) is 76.0 cm³/mol. The van der Waals surface area contributed by atoms with Crippen LogP contribution in [0.5, 0.6) is 0 Å². The number of rotatable bonds is 1. The Morgan fingerprint density at radius 1 is 1.53 bits per heavy atom. The second kappa shape index (κ2) is 5.78. The maximum atomic E-state index is 8.86. The third-order valence-electron chi connectivity index (χ3n) is 2.26. The van der Waals surface area contributed by atoms with Crippen molar-refractivity contribution in [1.82, 2.24) is 9.97 Å². The Balaban J connectivity index is 2.51. The van der Waals surface area contributed by atoms with Crippen LogP contribution >= 0.6 is 27.5 Å². The highest BCUT2D eigenvalue weighted by atomic mass is 79.9. The molecule has 0 aliphatic heterocycles. The third-order valence-corrected chi connectivity index (χ3v) is 2.70. The van der Waals surface area contributed by atoms with Crippen LogP contribution in [0, 0.1) is 16.7 Å². The summed E-state index contributed by atoms with van der Waals surface area (Å²) < 4.78 is -0.0494. The van der Waals surface area contributed by atoms with E-state index in [1.807, 2.05) is 6.07 Å². The van der Waals surface area contributed by atoms with Crippen molar-refractivity contribution in [2.45, 2.75) is 0 Å². The molecule has 0 fully saturated rings. The van der Waals surface area contributed by atoms with Gasteiger partial charge >= 0.3 is 0 Å². The molecule has 0 aliphatic carbocycles. The molecule has 0 radical (unpaired) electrons. The van der Waals surface area contributed by atoms with Gasteiger partial charge in [-0.15, -0.1) is 0 Å². The third kappa shape index (κ3) is 3.28. The van der Waals surface area contributed by atoms with Crippen LogP contribution in [0.4, 0.5) is 0 Å². The van der Waals surface area contributed by atoms with Crippen molar-refractivity contribution in [2.75, 3.05) is 0 Å². The van der Waals surface area contributed by atoms with Gasteiger partial charge in [0.25, 0.3) is 0 Å². The summed E-state index contributed by atoms with van der Waals surface area (Å²) >= 11 is 8.88. The summed E-state index contributed by atoms with van der Waals surface area (Å²) in [6.07, 6.45) is 1.62. The molecule has 19 heavy (non-hydrogen) atoms. The maximum Gasteiger partial charge on any atom is 0.191 e. The zero-order valence-corrected chi connectivity index (χ0v) is 11.8. The predicted octanol–water partition coefficient (Wildman–Crippen LogP) is 2.83. The molecule has 0 amide bonds. The summed E-state index contributed by atoms with van der Waals surface area (Å²) in [6, 6.07) is 9.10. The minimum absolute atomic E-state index is 0.0494. The van der Waals surface area contributed by atoms with Gasteiger partial charge < -0.3 is 4.98 Å². The van der Waals surface area contributed by atoms with Gasteiger partial charge in [-0.1, -0.05) is 23.7 Å². The molecule has 0 saturated carbocycles. The van der Waals surface area contributed by atoms with Gasteiger partial charge in [0.05, 0.1) is 17.3 Å². The molecule has 0 unspecified atom stereocenters. The number of aromatic nitrogens is 2. The van der Waals surface area contributed by atoms with Crippen molar-refractivity contribution in [3.63, 3.8) is 0 Å². The average molecular weight is 337 g/mol. The van der Waals surface area contributed by atoms with Gasteiger partial charge in [-0.2, -0.15) is 5.26 Å². The molecule has 1 heterocycles. The van der Waals surface area contributed by atoms with Crippen LogP contribution in [0.15, 0.2) is 35.5 Å². The Hall–Kier alpha value is -1.97. The number of benzene rings is 1.